The highest BCUT2D eigenvalue weighted by atomic mass is 32.1. The van der Waals surface area contributed by atoms with Crippen LogP contribution in [0.15, 0.2) is 74.9 Å². The van der Waals surface area contributed by atoms with Crippen LogP contribution in [0.2, 0.25) is 0 Å². The zero-order chi connectivity index (χ0) is 24.1. The average Bonchev–Trinajstić information content (AvgIpc) is 3.48. The molecule has 35 heavy (non-hydrogen) atoms. The Kier molecular flexibility index (Phi) is 5.05. The van der Waals surface area contributed by atoms with E-state index in [1.807, 2.05) is 48.8 Å². The summed E-state index contributed by atoms with van der Waals surface area (Å²) < 4.78 is 1.13. The molecule has 2 aliphatic heterocycles. The van der Waals surface area contributed by atoms with Gasteiger partial charge in [0.05, 0.1) is 39.2 Å². The molecule has 174 valence electrons. The Hall–Kier alpha value is -4.15. The fourth-order valence-electron chi connectivity index (χ4n) is 4.24. The van der Waals surface area contributed by atoms with E-state index in [0.717, 1.165) is 32.9 Å². The van der Waals surface area contributed by atoms with Crippen LogP contribution in [-0.4, -0.2) is 32.6 Å². The van der Waals surface area contributed by atoms with E-state index in [1.165, 1.54) is 6.20 Å². The maximum absolute atomic E-state index is 13.1. The van der Waals surface area contributed by atoms with Gasteiger partial charge in [0.15, 0.2) is 0 Å². The van der Waals surface area contributed by atoms with Gasteiger partial charge in [0.2, 0.25) is 5.43 Å². The number of aromatic amines is 1. The molecule has 0 radical (unpaired) electrons. The molecule has 0 bridgehead atoms. The molecule has 0 aliphatic carbocycles. The standard InChI is InChI=1S/C25H21N7O2S/c1-13-7-21-30-14(2)22-23(33)17(11-27-24(22)32(21)31-13)25(34)28-10-15-3-5-18(26-9-15)16-4-6-20-19(8-16)29-12-35-20/h3-9,11-13,31H,10H2,1-2H3,(H,27,33)(H,28,34)/p-1. The first-order valence-corrected chi connectivity index (χ1v) is 12.0. The normalized spacial score (nSPS) is 17.3. The van der Waals surface area contributed by atoms with Gasteiger partial charge in [-0.3, -0.25) is 14.8 Å². The lowest BCUT2D eigenvalue weighted by Gasteiger charge is -2.27. The van der Waals surface area contributed by atoms with E-state index in [-0.39, 0.29) is 23.6 Å². The van der Waals surface area contributed by atoms with Gasteiger partial charge in [0.1, 0.15) is 11.6 Å². The smallest absolute Gasteiger partial charge is 0.200 e. The summed E-state index contributed by atoms with van der Waals surface area (Å²) in [7, 11) is 0. The van der Waals surface area contributed by atoms with Crippen molar-refractivity contribution in [3.05, 3.63) is 87.0 Å². The number of nitrogens with zero attached hydrogens (tertiary/aromatic N) is 5. The van der Waals surface area contributed by atoms with Crippen molar-refractivity contribution in [1.29, 1.82) is 0 Å². The highest BCUT2D eigenvalue weighted by Crippen LogP contribution is 2.28. The lowest BCUT2D eigenvalue weighted by atomic mass is 10.1. The predicted molar refractivity (Wildman–Crippen MR) is 136 cm³/mol. The molecule has 0 saturated heterocycles. The Morgan fingerprint density at radius 1 is 1.26 bits per heavy atom. The van der Waals surface area contributed by atoms with Crippen molar-refractivity contribution in [3.63, 3.8) is 0 Å². The van der Waals surface area contributed by atoms with E-state index in [2.05, 4.69) is 30.4 Å². The second-order valence-corrected chi connectivity index (χ2v) is 9.32. The van der Waals surface area contributed by atoms with Gasteiger partial charge in [-0.2, -0.15) is 0 Å². The first-order chi connectivity index (χ1) is 17.0. The van der Waals surface area contributed by atoms with Crippen molar-refractivity contribution in [2.24, 2.45) is 9.98 Å². The minimum atomic E-state index is -0.580. The molecular formula is C25H20N7O2S-. The van der Waals surface area contributed by atoms with Crippen LogP contribution < -0.4 is 21.0 Å². The molecule has 9 nitrogen and oxygen atoms in total. The molecule has 6 rings (SSSR count). The summed E-state index contributed by atoms with van der Waals surface area (Å²) in [5.41, 5.74) is 9.07. The number of benzene rings is 1. The molecule has 1 aromatic carbocycles. The number of rotatable bonds is 4. The van der Waals surface area contributed by atoms with Crippen LogP contribution in [0, 0.1) is 0 Å². The summed E-state index contributed by atoms with van der Waals surface area (Å²) in [5.74, 6) is 0.721. The van der Waals surface area contributed by atoms with Crippen LogP contribution in [0.5, 0.6) is 0 Å². The Bertz CT molecular complexity index is 1620. The van der Waals surface area contributed by atoms with Gasteiger partial charge in [-0.15, -0.1) is 11.3 Å². The van der Waals surface area contributed by atoms with Crippen molar-refractivity contribution in [3.8, 4) is 11.3 Å². The van der Waals surface area contributed by atoms with Crippen molar-refractivity contribution < 1.29 is 5.11 Å². The molecule has 1 unspecified atom stereocenters. The van der Waals surface area contributed by atoms with E-state index in [0.29, 0.717) is 17.1 Å². The average molecular weight is 483 g/mol. The van der Waals surface area contributed by atoms with E-state index in [1.54, 1.807) is 29.5 Å². The third-order valence-electron chi connectivity index (χ3n) is 5.98. The van der Waals surface area contributed by atoms with Gasteiger partial charge < -0.3 is 10.1 Å². The number of fused-ring (bicyclic) bond motifs is 4. The number of aromatic nitrogens is 3. The number of aliphatic imine (C=N–C) groups is 2. The number of hydrogen-bond donors (Lipinski definition) is 2. The fraction of sp³-hybridized carbons (Fsp3) is 0.160. The third kappa shape index (κ3) is 3.72. The van der Waals surface area contributed by atoms with Gasteiger partial charge in [-0.1, -0.05) is 12.1 Å². The summed E-state index contributed by atoms with van der Waals surface area (Å²) in [5, 5.41) is 14.5. The van der Waals surface area contributed by atoms with Gasteiger partial charge in [0, 0.05) is 29.6 Å². The molecule has 3 aromatic heterocycles. The van der Waals surface area contributed by atoms with Gasteiger partial charge in [-0.25, -0.2) is 20.4 Å². The second-order valence-electron chi connectivity index (χ2n) is 8.44. The summed E-state index contributed by atoms with van der Waals surface area (Å²) in [6.45, 7) is 3.88. The van der Waals surface area contributed by atoms with Crippen LogP contribution in [0.1, 0.15) is 30.5 Å². The first-order valence-electron chi connectivity index (χ1n) is 11.1. The number of pyridine rings is 2. The Labute approximate surface area is 204 Å². The first kappa shape index (κ1) is 21.4. The van der Waals surface area contributed by atoms with E-state index >= 15 is 0 Å². The largest absolute Gasteiger partial charge is 0.858 e. The summed E-state index contributed by atoms with van der Waals surface area (Å²) in [6, 6.07) is 9.91. The maximum atomic E-state index is 13.1. The summed E-state index contributed by atoms with van der Waals surface area (Å²) in [6.07, 6.45) is 5.08. The molecule has 0 spiro atoms. The van der Waals surface area contributed by atoms with Crippen molar-refractivity contribution in [2.45, 2.75) is 26.4 Å². The Morgan fingerprint density at radius 2 is 2.14 bits per heavy atom. The van der Waals surface area contributed by atoms with Crippen molar-refractivity contribution >= 4 is 39.0 Å². The van der Waals surface area contributed by atoms with Crippen LogP contribution in [0.4, 0.5) is 5.82 Å². The number of hydrazine groups is 1. The van der Waals surface area contributed by atoms with Gasteiger partial charge >= 0.3 is 0 Å². The van der Waals surface area contributed by atoms with Crippen LogP contribution in [-0.2, 0) is 6.54 Å². The zero-order valence-corrected chi connectivity index (χ0v) is 19.8. The molecule has 10 heteroatoms. The molecule has 5 heterocycles. The number of H-pyrrole nitrogens is 1. The molecule has 0 fully saturated rings. The van der Waals surface area contributed by atoms with E-state index < -0.39 is 5.90 Å². The van der Waals surface area contributed by atoms with Crippen LogP contribution in [0.25, 0.3) is 21.5 Å². The second kappa shape index (κ2) is 8.26. The Balaban J connectivity index is 1.24. The third-order valence-corrected chi connectivity index (χ3v) is 6.79. The molecule has 0 amide bonds. The highest BCUT2D eigenvalue weighted by molar-refractivity contribution is 7.16. The zero-order valence-electron chi connectivity index (χ0n) is 18.9. The van der Waals surface area contributed by atoms with Crippen molar-refractivity contribution in [1.82, 2.24) is 20.4 Å². The van der Waals surface area contributed by atoms with E-state index in [9.17, 15) is 9.90 Å². The lowest BCUT2D eigenvalue weighted by Crippen LogP contribution is -2.41. The minimum absolute atomic E-state index is 0.0147. The molecule has 2 aliphatic rings. The molecule has 2 N–H and O–H groups in total. The Morgan fingerprint density at radius 3 is 2.97 bits per heavy atom. The number of hydrogen-bond acceptors (Lipinski definition) is 9. The maximum Gasteiger partial charge on any atom is 0.200 e. The molecule has 0 saturated carbocycles. The quantitative estimate of drug-likeness (QED) is 0.341. The number of thiazole rings is 1. The van der Waals surface area contributed by atoms with Crippen LogP contribution in [0.3, 0.4) is 0 Å². The number of anilines is 1. The van der Waals surface area contributed by atoms with Gasteiger partial charge in [-0.05, 0) is 49.6 Å². The molecule has 4 aromatic rings. The van der Waals surface area contributed by atoms with Crippen molar-refractivity contribution in [2.75, 3.05) is 5.01 Å². The van der Waals surface area contributed by atoms with E-state index in [4.69, 9.17) is 0 Å². The SMILES string of the molecule is CC1=NC2=CC(C)NN2c2[nH]cc(C([O-])=NCc3ccc(-c4ccc5scnc5c4)nc3)c(=O)c21. The molecular weight excluding hydrogens is 462 g/mol. The lowest BCUT2D eigenvalue weighted by molar-refractivity contribution is -0.213. The number of nitrogens with one attached hydrogen (secondary N) is 2. The summed E-state index contributed by atoms with van der Waals surface area (Å²) in [4.78, 5) is 33.7. The fourth-order valence-corrected chi connectivity index (χ4v) is 4.90. The van der Waals surface area contributed by atoms with Gasteiger partial charge in [0.25, 0.3) is 0 Å². The topological polar surface area (TPSA) is 122 Å². The molecule has 1 atom stereocenters. The highest BCUT2D eigenvalue weighted by Gasteiger charge is 2.30. The minimum Gasteiger partial charge on any atom is -0.858 e. The summed E-state index contributed by atoms with van der Waals surface area (Å²) >= 11 is 1.60. The monoisotopic (exact) mass is 482 g/mol. The predicted octanol–water partition coefficient (Wildman–Crippen LogP) is 2.73. The van der Waals surface area contributed by atoms with Crippen LogP contribution >= 0.6 is 11.3 Å².